The molecule has 1 atom stereocenters. The van der Waals surface area contributed by atoms with Gasteiger partial charge in [-0.25, -0.2) is 0 Å². The molecule has 15 heavy (non-hydrogen) atoms. The fourth-order valence-electron chi connectivity index (χ4n) is 3.18. The average molecular weight is 213 g/mol. The molecule has 0 aromatic carbocycles. The summed E-state index contributed by atoms with van der Waals surface area (Å²) in [5.74, 6) is 0. The number of rotatable bonds is 3. The van der Waals surface area contributed by atoms with Gasteiger partial charge < -0.3 is 10.2 Å². The topological polar surface area (TPSA) is 43.7 Å². The standard InChI is InChI=1S/C12H23NO2/c14-8-11(15)7-13-9-12(10-13)5-3-1-2-4-6-12/h11,14-15H,1-10H2. The first kappa shape index (κ1) is 11.4. The van der Waals surface area contributed by atoms with Gasteiger partial charge in [0, 0.05) is 19.6 Å². The first-order valence-corrected chi connectivity index (χ1v) is 6.25. The highest BCUT2D eigenvalue weighted by atomic mass is 16.3. The van der Waals surface area contributed by atoms with Crippen molar-refractivity contribution in [3.8, 4) is 0 Å². The van der Waals surface area contributed by atoms with E-state index in [-0.39, 0.29) is 6.61 Å². The molecular formula is C12H23NO2. The highest BCUT2D eigenvalue weighted by Gasteiger charge is 2.42. The van der Waals surface area contributed by atoms with Crippen molar-refractivity contribution in [3.63, 3.8) is 0 Å². The van der Waals surface area contributed by atoms with Gasteiger partial charge in [0.1, 0.15) is 0 Å². The molecule has 2 N–H and O–H groups in total. The van der Waals surface area contributed by atoms with Gasteiger partial charge >= 0.3 is 0 Å². The third-order valence-electron chi connectivity index (χ3n) is 3.96. The van der Waals surface area contributed by atoms with Crippen LogP contribution >= 0.6 is 0 Å². The zero-order valence-electron chi connectivity index (χ0n) is 9.49. The average Bonchev–Trinajstić information content (AvgIpc) is 2.42. The number of hydrogen-bond donors (Lipinski definition) is 2. The molecular weight excluding hydrogens is 190 g/mol. The Labute approximate surface area is 92.1 Å². The van der Waals surface area contributed by atoms with Crippen molar-refractivity contribution in [1.29, 1.82) is 0 Å². The number of likely N-dealkylation sites (tertiary alicyclic amines) is 1. The second kappa shape index (κ2) is 4.81. The van der Waals surface area contributed by atoms with E-state index in [2.05, 4.69) is 4.90 Å². The van der Waals surface area contributed by atoms with E-state index in [1.54, 1.807) is 0 Å². The van der Waals surface area contributed by atoms with E-state index >= 15 is 0 Å². The maximum Gasteiger partial charge on any atom is 0.0897 e. The van der Waals surface area contributed by atoms with Gasteiger partial charge in [0.15, 0.2) is 0 Å². The number of aliphatic hydroxyl groups is 2. The first-order chi connectivity index (χ1) is 7.24. The molecule has 1 unspecified atom stereocenters. The Bertz CT molecular complexity index is 192. The minimum absolute atomic E-state index is 0.108. The Morgan fingerprint density at radius 3 is 2.20 bits per heavy atom. The zero-order valence-corrected chi connectivity index (χ0v) is 9.49. The van der Waals surface area contributed by atoms with Crippen molar-refractivity contribution in [3.05, 3.63) is 0 Å². The van der Waals surface area contributed by atoms with E-state index in [4.69, 9.17) is 5.11 Å². The number of nitrogens with zero attached hydrogens (tertiary/aromatic N) is 1. The number of β-amino-alcohol motifs (C(OH)–C–C–N with tert-alkyl or cyclic N) is 1. The summed E-state index contributed by atoms with van der Waals surface area (Å²) >= 11 is 0. The summed E-state index contributed by atoms with van der Waals surface area (Å²) in [7, 11) is 0. The molecule has 1 spiro atoms. The van der Waals surface area contributed by atoms with E-state index in [1.165, 1.54) is 38.5 Å². The van der Waals surface area contributed by atoms with Crippen LogP contribution in [-0.2, 0) is 0 Å². The molecule has 3 heteroatoms. The molecule has 0 radical (unpaired) electrons. The summed E-state index contributed by atoms with van der Waals surface area (Å²) in [6, 6.07) is 0. The van der Waals surface area contributed by atoms with Crippen LogP contribution < -0.4 is 0 Å². The van der Waals surface area contributed by atoms with Crippen molar-refractivity contribution in [2.24, 2.45) is 5.41 Å². The molecule has 2 aliphatic rings. The van der Waals surface area contributed by atoms with Crippen LogP contribution in [0.4, 0.5) is 0 Å². The smallest absolute Gasteiger partial charge is 0.0897 e. The molecule has 1 heterocycles. The Kier molecular flexibility index (Phi) is 3.65. The summed E-state index contributed by atoms with van der Waals surface area (Å²) in [5, 5.41) is 18.1. The normalized spacial score (nSPS) is 28.4. The van der Waals surface area contributed by atoms with Crippen LogP contribution in [0.15, 0.2) is 0 Å². The molecule has 0 aromatic rings. The van der Waals surface area contributed by atoms with Gasteiger partial charge in [0.2, 0.25) is 0 Å². The largest absolute Gasteiger partial charge is 0.394 e. The van der Waals surface area contributed by atoms with Crippen molar-refractivity contribution >= 4 is 0 Å². The SMILES string of the molecule is OCC(O)CN1CC2(CCCCCC2)C1. The molecule has 88 valence electrons. The van der Waals surface area contributed by atoms with Gasteiger partial charge in [-0.1, -0.05) is 25.7 Å². The molecule has 2 fully saturated rings. The van der Waals surface area contributed by atoms with Crippen LogP contribution in [-0.4, -0.2) is 47.5 Å². The van der Waals surface area contributed by atoms with E-state index in [9.17, 15) is 5.11 Å². The summed E-state index contributed by atoms with van der Waals surface area (Å²) in [6.45, 7) is 2.83. The maximum absolute atomic E-state index is 9.34. The Hall–Kier alpha value is -0.120. The fourth-order valence-corrected chi connectivity index (χ4v) is 3.18. The van der Waals surface area contributed by atoms with Gasteiger partial charge in [-0.2, -0.15) is 0 Å². The molecule has 0 amide bonds. The van der Waals surface area contributed by atoms with Gasteiger partial charge in [-0.15, -0.1) is 0 Å². The second-order valence-corrected chi connectivity index (χ2v) is 5.42. The van der Waals surface area contributed by atoms with Crippen molar-refractivity contribution in [1.82, 2.24) is 4.90 Å². The Morgan fingerprint density at radius 2 is 1.67 bits per heavy atom. The van der Waals surface area contributed by atoms with Gasteiger partial charge in [0.05, 0.1) is 12.7 Å². The summed E-state index contributed by atoms with van der Waals surface area (Å²) in [6.07, 6.45) is 7.78. The Morgan fingerprint density at radius 1 is 1.07 bits per heavy atom. The van der Waals surface area contributed by atoms with Crippen LogP contribution in [0.1, 0.15) is 38.5 Å². The fraction of sp³-hybridized carbons (Fsp3) is 1.00. The number of aliphatic hydroxyl groups excluding tert-OH is 2. The van der Waals surface area contributed by atoms with Crippen molar-refractivity contribution < 1.29 is 10.2 Å². The summed E-state index contributed by atoms with van der Waals surface area (Å²) in [5.41, 5.74) is 0.575. The quantitative estimate of drug-likeness (QED) is 0.735. The molecule has 1 aliphatic carbocycles. The Balaban J connectivity index is 1.75. The van der Waals surface area contributed by atoms with E-state index in [0.29, 0.717) is 12.0 Å². The van der Waals surface area contributed by atoms with Crippen LogP contribution in [0.3, 0.4) is 0 Å². The van der Waals surface area contributed by atoms with Crippen molar-refractivity contribution in [2.45, 2.75) is 44.6 Å². The monoisotopic (exact) mass is 213 g/mol. The van der Waals surface area contributed by atoms with Crippen LogP contribution in [0, 0.1) is 5.41 Å². The van der Waals surface area contributed by atoms with Crippen LogP contribution in [0.2, 0.25) is 0 Å². The predicted octanol–water partition coefficient (Wildman–Crippen LogP) is 0.996. The van der Waals surface area contributed by atoms with Crippen LogP contribution in [0.5, 0.6) is 0 Å². The summed E-state index contributed by atoms with van der Waals surface area (Å²) < 4.78 is 0. The second-order valence-electron chi connectivity index (χ2n) is 5.42. The molecule has 0 aromatic heterocycles. The molecule has 1 saturated carbocycles. The van der Waals surface area contributed by atoms with Crippen LogP contribution in [0.25, 0.3) is 0 Å². The van der Waals surface area contributed by atoms with Gasteiger partial charge in [0.25, 0.3) is 0 Å². The molecule has 0 bridgehead atoms. The zero-order chi connectivity index (χ0) is 10.7. The lowest BCUT2D eigenvalue weighted by Gasteiger charge is -2.51. The first-order valence-electron chi connectivity index (χ1n) is 6.25. The molecule has 3 nitrogen and oxygen atoms in total. The maximum atomic E-state index is 9.34. The third kappa shape index (κ3) is 2.71. The lowest BCUT2D eigenvalue weighted by Crippen LogP contribution is -2.58. The predicted molar refractivity (Wildman–Crippen MR) is 59.7 cm³/mol. The lowest BCUT2D eigenvalue weighted by atomic mass is 9.73. The van der Waals surface area contributed by atoms with E-state index < -0.39 is 6.10 Å². The minimum atomic E-state index is -0.548. The number of hydrogen-bond acceptors (Lipinski definition) is 3. The molecule has 1 aliphatic heterocycles. The lowest BCUT2D eigenvalue weighted by molar-refractivity contribution is -0.0458. The third-order valence-corrected chi connectivity index (χ3v) is 3.96. The summed E-state index contributed by atoms with van der Waals surface area (Å²) in [4.78, 5) is 2.28. The highest BCUT2D eigenvalue weighted by molar-refractivity contribution is 4.96. The highest BCUT2D eigenvalue weighted by Crippen LogP contribution is 2.42. The minimum Gasteiger partial charge on any atom is -0.394 e. The molecule has 2 rings (SSSR count). The van der Waals surface area contributed by atoms with Gasteiger partial charge in [-0.05, 0) is 18.3 Å². The molecule has 1 saturated heterocycles. The van der Waals surface area contributed by atoms with E-state index in [1.807, 2.05) is 0 Å². The van der Waals surface area contributed by atoms with Crippen molar-refractivity contribution in [2.75, 3.05) is 26.2 Å². The van der Waals surface area contributed by atoms with Gasteiger partial charge in [-0.3, -0.25) is 4.90 Å². The van der Waals surface area contributed by atoms with E-state index in [0.717, 1.165) is 13.1 Å².